The number of hydrogen-bond donors (Lipinski definition) is 1. The molecule has 2 rings (SSSR count). The summed E-state index contributed by atoms with van der Waals surface area (Å²) >= 11 is 0. The van der Waals surface area contributed by atoms with Gasteiger partial charge in [0.25, 0.3) is 0 Å². The van der Waals surface area contributed by atoms with Crippen molar-refractivity contribution in [2.45, 2.75) is 31.7 Å². The van der Waals surface area contributed by atoms with Crippen LogP contribution in [0, 0.1) is 5.92 Å². The smallest absolute Gasteiger partial charge is 0.222 e. The molecule has 1 heterocycles. The van der Waals surface area contributed by atoms with E-state index in [0.29, 0.717) is 12.2 Å². The average molecular weight is 153 g/mol. The first-order valence-corrected chi connectivity index (χ1v) is 4.09. The Kier molecular flexibility index (Phi) is 1.44. The Morgan fingerprint density at radius 3 is 2.55 bits per heavy atom. The van der Waals surface area contributed by atoms with Gasteiger partial charge in [-0.3, -0.25) is 9.59 Å². The van der Waals surface area contributed by atoms with Gasteiger partial charge in [0.05, 0.1) is 0 Å². The summed E-state index contributed by atoms with van der Waals surface area (Å²) < 4.78 is 0. The molecule has 2 aliphatic rings. The molecule has 11 heavy (non-hydrogen) atoms. The van der Waals surface area contributed by atoms with Crippen molar-refractivity contribution in [1.29, 1.82) is 0 Å². The minimum atomic E-state index is 0.0923. The Bertz CT molecular complexity index is 204. The average Bonchev–Trinajstić information content (AvgIpc) is 2.29. The second-order valence-corrected chi connectivity index (χ2v) is 3.34. The Morgan fingerprint density at radius 1 is 1.36 bits per heavy atom. The van der Waals surface area contributed by atoms with Crippen LogP contribution < -0.4 is 5.32 Å². The third-order valence-electron chi connectivity index (χ3n) is 2.59. The van der Waals surface area contributed by atoms with Gasteiger partial charge in [0.1, 0.15) is 5.78 Å². The number of β-lactam (4-membered cyclic amide) rings is 1. The lowest BCUT2D eigenvalue weighted by atomic mass is 9.89. The van der Waals surface area contributed by atoms with E-state index < -0.39 is 0 Å². The highest BCUT2D eigenvalue weighted by molar-refractivity contribution is 5.89. The normalized spacial score (nSPS) is 36.7. The van der Waals surface area contributed by atoms with Crippen LogP contribution in [0.4, 0.5) is 0 Å². The van der Waals surface area contributed by atoms with E-state index in [1.165, 1.54) is 0 Å². The summed E-state index contributed by atoms with van der Waals surface area (Å²) in [6.07, 6.45) is 3.27. The lowest BCUT2D eigenvalue weighted by molar-refractivity contribution is -0.131. The highest BCUT2D eigenvalue weighted by atomic mass is 16.2. The first-order valence-electron chi connectivity index (χ1n) is 4.09. The topological polar surface area (TPSA) is 46.2 Å². The first kappa shape index (κ1) is 6.83. The molecule has 2 atom stereocenters. The Balaban J connectivity index is 1.95. The molecular formula is C8H11NO2. The predicted octanol–water partition coefficient (Wildman–Crippen LogP) is 0.244. The summed E-state index contributed by atoms with van der Waals surface area (Å²) in [5.74, 6) is 0.581. The van der Waals surface area contributed by atoms with Crippen molar-refractivity contribution < 1.29 is 9.59 Å². The fourth-order valence-electron chi connectivity index (χ4n) is 1.90. The van der Waals surface area contributed by atoms with Gasteiger partial charge < -0.3 is 5.32 Å². The number of rotatable bonds is 1. The molecule has 0 aromatic carbocycles. The van der Waals surface area contributed by atoms with Crippen LogP contribution in [0.2, 0.25) is 0 Å². The van der Waals surface area contributed by atoms with E-state index in [1.807, 2.05) is 0 Å². The minimum Gasteiger partial charge on any atom is -0.352 e. The second kappa shape index (κ2) is 2.32. The Hall–Kier alpha value is -0.860. The standard InChI is InChI=1S/C8H11NO2/c10-7-3-1-2-5(7)6-4-8(11)9-6/h5-6H,1-4H2,(H,9,11)/t5-,6-/m0/s1. The van der Waals surface area contributed by atoms with E-state index in [2.05, 4.69) is 5.32 Å². The molecule has 60 valence electrons. The number of ketones is 1. The summed E-state index contributed by atoms with van der Waals surface area (Å²) in [5.41, 5.74) is 0. The van der Waals surface area contributed by atoms with Gasteiger partial charge >= 0.3 is 0 Å². The number of Topliss-reactive ketones (excluding diaryl/α,β-unsaturated/α-hetero) is 1. The third-order valence-corrected chi connectivity index (χ3v) is 2.59. The van der Waals surface area contributed by atoms with Gasteiger partial charge in [-0.05, 0) is 12.8 Å². The molecule has 1 saturated carbocycles. The summed E-state index contributed by atoms with van der Waals surface area (Å²) in [6, 6.07) is 0.178. The fraction of sp³-hybridized carbons (Fsp3) is 0.750. The van der Waals surface area contributed by atoms with Crippen LogP contribution in [0.15, 0.2) is 0 Å². The third kappa shape index (κ3) is 1.04. The highest BCUT2D eigenvalue weighted by Gasteiger charge is 2.38. The molecular weight excluding hydrogens is 142 g/mol. The van der Waals surface area contributed by atoms with E-state index in [-0.39, 0.29) is 17.9 Å². The molecule has 0 bridgehead atoms. The molecule has 0 unspecified atom stereocenters. The van der Waals surface area contributed by atoms with Crippen molar-refractivity contribution in [2.75, 3.05) is 0 Å². The minimum absolute atomic E-state index is 0.0923. The second-order valence-electron chi connectivity index (χ2n) is 3.34. The van der Waals surface area contributed by atoms with Gasteiger partial charge in [0.15, 0.2) is 0 Å². The van der Waals surface area contributed by atoms with Crippen LogP contribution in [0.5, 0.6) is 0 Å². The van der Waals surface area contributed by atoms with Gasteiger partial charge in [-0.2, -0.15) is 0 Å². The molecule has 0 aromatic rings. The molecule has 1 aliphatic heterocycles. The van der Waals surface area contributed by atoms with E-state index in [1.54, 1.807) is 0 Å². The van der Waals surface area contributed by atoms with Gasteiger partial charge in [-0.1, -0.05) is 0 Å². The predicted molar refractivity (Wildman–Crippen MR) is 38.9 cm³/mol. The van der Waals surface area contributed by atoms with Gasteiger partial charge in [0.2, 0.25) is 5.91 Å². The van der Waals surface area contributed by atoms with Crippen LogP contribution >= 0.6 is 0 Å². The van der Waals surface area contributed by atoms with Gasteiger partial charge in [-0.25, -0.2) is 0 Å². The zero-order valence-corrected chi connectivity index (χ0v) is 6.30. The van der Waals surface area contributed by atoms with Crippen molar-refractivity contribution in [3.8, 4) is 0 Å². The summed E-state index contributed by atoms with van der Waals surface area (Å²) in [7, 11) is 0. The quantitative estimate of drug-likeness (QED) is 0.549. The number of carbonyl (C=O) groups excluding carboxylic acids is 2. The van der Waals surface area contributed by atoms with Crippen LogP contribution in [0.3, 0.4) is 0 Å². The van der Waals surface area contributed by atoms with Gasteiger partial charge in [-0.15, -0.1) is 0 Å². The zero-order chi connectivity index (χ0) is 7.84. The van der Waals surface area contributed by atoms with Crippen molar-refractivity contribution in [2.24, 2.45) is 5.92 Å². The fourth-order valence-corrected chi connectivity index (χ4v) is 1.90. The largest absolute Gasteiger partial charge is 0.352 e. The zero-order valence-electron chi connectivity index (χ0n) is 6.30. The lowest BCUT2D eigenvalue weighted by Crippen LogP contribution is -2.53. The van der Waals surface area contributed by atoms with E-state index in [9.17, 15) is 9.59 Å². The van der Waals surface area contributed by atoms with E-state index in [4.69, 9.17) is 0 Å². The van der Waals surface area contributed by atoms with Crippen LogP contribution in [-0.4, -0.2) is 17.7 Å². The molecule has 0 radical (unpaired) electrons. The molecule has 3 heteroatoms. The maximum atomic E-state index is 11.2. The SMILES string of the molecule is O=C1C[C@@H]([C@@H]2CCCC2=O)N1. The molecule has 1 saturated heterocycles. The summed E-state index contributed by atoms with van der Waals surface area (Å²) in [6.45, 7) is 0. The maximum absolute atomic E-state index is 11.2. The molecule has 0 spiro atoms. The lowest BCUT2D eigenvalue weighted by Gasteiger charge is -2.31. The van der Waals surface area contributed by atoms with E-state index in [0.717, 1.165) is 19.3 Å². The number of amides is 1. The monoisotopic (exact) mass is 153 g/mol. The molecule has 1 N–H and O–H groups in total. The van der Waals surface area contributed by atoms with Crippen molar-refractivity contribution >= 4 is 11.7 Å². The molecule has 2 fully saturated rings. The number of carbonyl (C=O) groups is 2. The van der Waals surface area contributed by atoms with Crippen LogP contribution in [-0.2, 0) is 9.59 Å². The molecule has 0 aromatic heterocycles. The Morgan fingerprint density at radius 2 is 2.09 bits per heavy atom. The van der Waals surface area contributed by atoms with Crippen molar-refractivity contribution in [3.63, 3.8) is 0 Å². The highest BCUT2D eigenvalue weighted by Crippen LogP contribution is 2.28. The van der Waals surface area contributed by atoms with Crippen LogP contribution in [0.25, 0.3) is 0 Å². The molecule has 3 nitrogen and oxygen atoms in total. The van der Waals surface area contributed by atoms with Crippen LogP contribution in [0.1, 0.15) is 25.7 Å². The van der Waals surface area contributed by atoms with E-state index >= 15 is 0 Å². The molecule has 1 amide bonds. The van der Waals surface area contributed by atoms with Crippen molar-refractivity contribution in [1.82, 2.24) is 5.32 Å². The summed E-state index contributed by atoms with van der Waals surface area (Å²) in [5, 5.41) is 2.76. The summed E-state index contributed by atoms with van der Waals surface area (Å²) in [4.78, 5) is 21.7. The Labute approximate surface area is 65.2 Å². The number of nitrogens with one attached hydrogen (secondary N) is 1. The first-order chi connectivity index (χ1) is 5.27. The van der Waals surface area contributed by atoms with Gasteiger partial charge in [0, 0.05) is 24.8 Å². The molecule has 1 aliphatic carbocycles. The van der Waals surface area contributed by atoms with Crippen molar-refractivity contribution in [3.05, 3.63) is 0 Å². The maximum Gasteiger partial charge on any atom is 0.222 e. The number of hydrogen-bond acceptors (Lipinski definition) is 2.